The highest BCUT2D eigenvalue weighted by molar-refractivity contribution is 6.47. The minimum Gasteiger partial charge on any atom is -0.465 e. The Morgan fingerprint density at radius 3 is 2.05 bits per heavy atom. The summed E-state index contributed by atoms with van der Waals surface area (Å²) in [5, 5.41) is 9.93. The highest BCUT2D eigenvalue weighted by Crippen LogP contribution is 2.24. The smallest absolute Gasteiger partial charge is 0.343 e. The second-order valence-corrected chi connectivity index (χ2v) is 5.66. The summed E-state index contributed by atoms with van der Waals surface area (Å²) in [6.07, 6.45) is 0. The van der Waals surface area contributed by atoms with Gasteiger partial charge in [-0.3, -0.25) is 0 Å². The molecule has 0 fully saturated rings. The molecule has 115 valence electrons. The minimum absolute atomic E-state index is 0.0926. The summed E-state index contributed by atoms with van der Waals surface area (Å²) < 4.78 is 37.2. The van der Waals surface area contributed by atoms with Gasteiger partial charge in [0.1, 0.15) is 17.2 Å². The Morgan fingerprint density at radius 2 is 1.67 bits per heavy atom. The Hall–Kier alpha value is -1.47. The predicted octanol–water partition coefficient (Wildman–Crippen LogP) is 1.56. The fourth-order valence-electron chi connectivity index (χ4n) is 1.32. The van der Waals surface area contributed by atoms with Crippen molar-refractivity contribution >= 4 is 18.9 Å². The zero-order chi connectivity index (χ0) is 16.4. The van der Waals surface area contributed by atoms with E-state index in [0.717, 1.165) is 26.7 Å². The number of hydrogen-bond acceptors (Lipinski definition) is 4. The molecule has 0 saturated heterocycles. The molecule has 7 heteroatoms. The van der Waals surface area contributed by atoms with Gasteiger partial charge in [0, 0.05) is 0 Å². The van der Waals surface area contributed by atoms with Crippen LogP contribution in [0.25, 0.3) is 0 Å². The molecule has 1 radical (unpaired) electrons. The van der Waals surface area contributed by atoms with Gasteiger partial charge in [-0.25, -0.2) is 13.6 Å². The maximum atomic E-state index is 13.7. The zero-order valence-corrected chi connectivity index (χ0v) is 12.7. The van der Waals surface area contributed by atoms with E-state index >= 15 is 0 Å². The van der Waals surface area contributed by atoms with Crippen molar-refractivity contribution in [1.82, 2.24) is 0 Å². The highest BCUT2D eigenvalue weighted by Gasteiger charge is 2.35. The van der Waals surface area contributed by atoms with Crippen molar-refractivity contribution in [2.75, 3.05) is 7.11 Å². The lowest BCUT2D eigenvalue weighted by Gasteiger charge is -2.37. The average Bonchev–Trinajstić information content (AvgIpc) is 2.34. The number of benzene rings is 1. The van der Waals surface area contributed by atoms with Gasteiger partial charge in [0.2, 0.25) is 0 Å². The third-order valence-electron chi connectivity index (χ3n) is 3.42. The molecule has 1 N–H and O–H groups in total. The molecule has 0 amide bonds. The molecule has 0 heterocycles. The van der Waals surface area contributed by atoms with Gasteiger partial charge in [0.25, 0.3) is 0 Å². The lowest BCUT2D eigenvalue weighted by Crippen LogP contribution is -2.49. The molecule has 0 spiro atoms. The van der Waals surface area contributed by atoms with Crippen LogP contribution in [0.5, 0.6) is 0 Å². The fraction of sp³-hybridized carbons (Fsp3) is 0.500. The minimum atomic E-state index is -1.16. The molecule has 1 aromatic rings. The molecular weight excluding hydrogens is 281 g/mol. The Labute approximate surface area is 123 Å². The summed E-state index contributed by atoms with van der Waals surface area (Å²) >= 11 is 0. The zero-order valence-electron chi connectivity index (χ0n) is 12.7. The van der Waals surface area contributed by atoms with Crippen molar-refractivity contribution in [3.8, 4) is 0 Å². The summed E-state index contributed by atoms with van der Waals surface area (Å²) in [5.41, 5.74) is -2.79. The number of carbonyl (C=O) groups is 1. The van der Waals surface area contributed by atoms with E-state index in [-0.39, 0.29) is 5.46 Å². The highest BCUT2D eigenvalue weighted by atomic mass is 19.1. The first-order chi connectivity index (χ1) is 9.49. The van der Waals surface area contributed by atoms with Gasteiger partial charge in [-0.1, -0.05) is 0 Å². The van der Waals surface area contributed by atoms with Crippen LogP contribution < -0.4 is 5.46 Å². The van der Waals surface area contributed by atoms with Crippen molar-refractivity contribution in [1.29, 1.82) is 0 Å². The Bertz CT molecular complexity index is 515. The number of halogens is 2. The number of methoxy groups -OCH3 is 1. The SMILES string of the molecule is COC(=O)c1c(F)cc([B]OC(C)(C)C(C)(C)O)cc1F. The summed E-state index contributed by atoms with van der Waals surface area (Å²) in [6, 6.07) is 1.91. The van der Waals surface area contributed by atoms with E-state index in [1.165, 1.54) is 0 Å². The maximum absolute atomic E-state index is 13.7. The number of ether oxygens (including phenoxy) is 1. The molecule has 21 heavy (non-hydrogen) atoms. The molecule has 1 aromatic carbocycles. The van der Waals surface area contributed by atoms with Crippen LogP contribution in [0.2, 0.25) is 0 Å². The Balaban J connectivity index is 2.96. The largest absolute Gasteiger partial charge is 0.465 e. The molecule has 0 unspecified atom stereocenters. The van der Waals surface area contributed by atoms with Gasteiger partial charge >= 0.3 is 13.5 Å². The van der Waals surface area contributed by atoms with Crippen LogP contribution in [-0.2, 0) is 9.39 Å². The van der Waals surface area contributed by atoms with Crippen LogP contribution >= 0.6 is 0 Å². The van der Waals surface area contributed by atoms with Gasteiger partial charge in [-0.05, 0) is 45.3 Å². The Morgan fingerprint density at radius 1 is 1.19 bits per heavy atom. The van der Waals surface area contributed by atoms with E-state index in [2.05, 4.69) is 4.74 Å². The topological polar surface area (TPSA) is 55.8 Å². The van der Waals surface area contributed by atoms with E-state index in [1.54, 1.807) is 27.7 Å². The standard InChI is InChI=1S/C14H18BF2O4/c1-13(2,19)14(3,4)21-15-8-6-9(16)11(10(17)7-8)12(18)20-5/h6-7,19H,1-5H3. The first kappa shape index (κ1) is 17.6. The number of hydrogen-bond donors (Lipinski definition) is 1. The van der Waals surface area contributed by atoms with Crippen LogP contribution in [0.15, 0.2) is 12.1 Å². The third-order valence-corrected chi connectivity index (χ3v) is 3.42. The number of carbonyl (C=O) groups excluding carboxylic acids is 1. The second kappa shape index (κ2) is 6.11. The molecule has 0 aromatic heterocycles. The number of esters is 1. The van der Waals surface area contributed by atoms with E-state index in [9.17, 15) is 18.7 Å². The fourth-order valence-corrected chi connectivity index (χ4v) is 1.32. The number of aliphatic hydroxyl groups is 1. The van der Waals surface area contributed by atoms with Crippen molar-refractivity contribution in [3.63, 3.8) is 0 Å². The van der Waals surface area contributed by atoms with E-state index in [0.29, 0.717) is 0 Å². The molecule has 4 nitrogen and oxygen atoms in total. The van der Waals surface area contributed by atoms with Crippen LogP contribution in [-0.4, -0.2) is 36.9 Å². The first-order valence-corrected chi connectivity index (χ1v) is 6.30. The van der Waals surface area contributed by atoms with Crippen molar-refractivity contribution in [3.05, 3.63) is 29.3 Å². The predicted molar refractivity (Wildman–Crippen MR) is 74.5 cm³/mol. The lowest BCUT2D eigenvalue weighted by molar-refractivity contribution is -0.0893. The molecule has 1 rings (SSSR count). The van der Waals surface area contributed by atoms with E-state index < -0.39 is 34.4 Å². The third kappa shape index (κ3) is 4.01. The molecule has 0 aliphatic rings. The molecule has 0 atom stereocenters. The second-order valence-electron chi connectivity index (χ2n) is 5.66. The summed E-state index contributed by atoms with van der Waals surface area (Å²) in [6.45, 7) is 6.39. The molecule has 0 aliphatic heterocycles. The van der Waals surface area contributed by atoms with Gasteiger partial charge in [-0.15, -0.1) is 0 Å². The first-order valence-electron chi connectivity index (χ1n) is 6.30. The average molecular weight is 299 g/mol. The van der Waals surface area contributed by atoms with Crippen molar-refractivity contribution < 1.29 is 28.1 Å². The van der Waals surface area contributed by atoms with Gasteiger partial charge in [0.05, 0.1) is 18.3 Å². The summed E-state index contributed by atoms with van der Waals surface area (Å²) in [5.74, 6) is -3.18. The van der Waals surface area contributed by atoms with E-state index in [1.807, 2.05) is 0 Å². The molecule has 0 bridgehead atoms. The molecule has 0 saturated carbocycles. The van der Waals surface area contributed by atoms with Crippen LogP contribution in [0, 0.1) is 11.6 Å². The number of rotatable bonds is 5. The summed E-state index contributed by atoms with van der Waals surface area (Å²) in [4.78, 5) is 11.2. The van der Waals surface area contributed by atoms with Crippen LogP contribution in [0.4, 0.5) is 8.78 Å². The Kier molecular flexibility index (Phi) is 5.12. The van der Waals surface area contributed by atoms with Crippen LogP contribution in [0.3, 0.4) is 0 Å². The molecular formula is C14H18BF2O4. The van der Waals surface area contributed by atoms with Gasteiger partial charge in [0.15, 0.2) is 0 Å². The van der Waals surface area contributed by atoms with Gasteiger partial charge < -0.3 is 14.5 Å². The van der Waals surface area contributed by atoms with Crippen molar-refractivity contribution in [2.24, 2.45) is 0 Å². The van der Waals surface area contributed by atoms with E-state index in [4.69, 9.17) is 4.65 Å². The summed E-state index contributed by atoms with van der Waals surface area (Å²) in [7, 11) is 2.17. The normalized spacial score (nSPS) is 12.2. The van der Waals surface area contributed by atoms with Gasteiger partial charge in [-0.2, -0.15) is 0 Å². The van der Waals surface area contributed by atoms with Crippen molar-refractivity contribution in [2.45, 2.75) is 38.9 Å². The van der Waals surface area contributed by atoms with Crippen LogP contribution in [0.1, 0.15) is 38.1 Å². The molecule has 0 aliphatic carbocycles. The lowest BCUT2D eigenvalue weighted by atomic mass is 9.82. The maximum Gasteiger partial charge on any atom is 0.343 e. The monoisotopic (exact) mass is 299 g/mol. The quantitative estimate of drug-likeness (QED) is 0.662.